The van der Waals surface area contributed by atoms with Crippen molar-refractivity contribution >= 4 is 28.9 Å². The van der Waals surface area contributed by atoms with Crippen LogP contribution in [0.1, 0.15) is 18.1 Å². The van der Waals surface area contributed by atoms with Crippen LogP contribution in [0.25, 0.3) is 0 Å². The number of benzene rings is 2. The summed E-state index contributed by atoms with van der Waals surface area (Å²) in [4.78, 5) is 0. The van der Waals surface area contributed by atoms with E-state index in [4.69, 9.17) is 32.7 Å². The molecule has 1 N–H and O–H groups in total. The molecule has 0 aliphatic heterocycles. The van der Waals surface area contributed by atoms with Gasteiger partial charge in [0.15, 0.2) is 11.5 Å². The lowest BCUT2D eigenvalue weighted by molar-refractivity contribution is 0.310. The minimum absolute atomic E-state index is 0.568. The van der Waals surface area contributed by atoms with E-state index in [2.05, 4.69) is 5.32 Å². The van der Waals surface area contributed by atoms with Gasteiger partial charge in [0.2, 0.25) is 0 Å². The van der Waals surface area contributed by atoms with Crippen molar-refractivity contribution in [3.8, 4) is 11.5 Å². The average Bonchev–Trinajstić information content (AvgIpc) is 2.50. The summed E-state index contributed by atoms with van der Waals surface area (Å²) >= 11 is 12.4. The molecule has 0 aliphatic carbocycles. The first-order chi connectivity index (χ1) is 10.5. The highest BCUT2D eigenvalue weighted by Crippen LogP contribution is 2.33. The smallest absolute Gasteiger partial charge is 0.162 e. The number of aryl methyl sites for hydroxylation is 1. The van der Waals surface area contributed by atoms with E-state index in [9.17, 15) is 0 Å². The van der Waals surface area contributed by atoms with Crippen LogP contribution in [0.5, 0.6) is 11.5 Å². The van der Waals surface area contributed by atoms with Crippen LogP contribution < -0.4 is 14.8 Å². The molecule has 0 heterocycles. The van der Waals surface area contributed by atoms with Crippen molar-refractivity contribution in [3.05, 3.63) is 51.5 Å². The van der Waals surface area contributed by atoms with Crippen LogP contribution in [-0.2, 0) is 6.54 Å². The molecule has 118 valence electrons. The van der Waals surface area contributed by atoms with E-state index >= 15 is 0 Å². The molecule has 2 aromatic rings. The van der Waals surface area contributed by atoms with Gasteiger partial charge in [-0.3, -0.25) is 0 Å². The zero-order valence-corrected chi connectivity index (χ0v) is 14.4. The SMILES string of the molecule is CCOc1cc(CNc2ccc(C)c(Cl)c2)c(Cl)cc1OC. The van der Waals surface area contributed by atoms with Crippen molar-refractivity contribution in [3.63, 3.8) is 0 Å². The van der Waals surface area contributed by atoms with Gasteiger partial charge in [-0.25, -0.2) is 0 Å². The van der Waals surface area contributed by atoms with Crippen LogP contribution in [0, 0.1) is 6.92 Å². The molecule has 0 aromatic heterocycles. The molecule has 2 aromatic carbocycles. The second-order valence-corrected chi connectivity index (χ2v) is 5.66. The molecule has 0 fully saturated rings. The monoisotopic (exact) mass is 339 g/mol. The Balaban J connectivity index is 2.18. The van der Waals surface area contributed by atoms with Crippen molar-refractivity contribution in [2.45, 2.75) is 20.4 Å². The highest BCUT2D eigenvalue weighted by Gasteiger charge is 2.10. The molecule has 2 rings (SSSR count). The van der Waals surface area contributed by atoms with Crippen molar-refractivity contribution in [1.29, 1.82) is 0 Å². The van der Waals surface area contributed by atoms with Crippen LogP contribution >= 0.6 is 23.2 Å². The van der Waals surface area contributed by atoms with E-state index in [-0.39, 0.29) is 0 Å². The minimum Gasteiger partial charge on any atom is -0.493 e. The molecule has 0 atom stereocenters. The first kappa shape index (κ1) is 16.8. The summed E-state index contributed by atoms with van der Waals surface area (Å²) in [5.41, 5.74) is 2.93. The third kappa shape index (κ3) is 3.99. The van der Waals surface area contributed by atoms with Gasteiger partial charge in [0.25, 0.3) is 0 Å². The lowest BCUT2D eigenvalue weighted by atomic mass is 10.1. The molecule has 22 heavy (non-hydrogen) atoms. The summed E-state index contributed by atoms with van der Waals surface area (Å²) < 4.78 is 10.9. The van der Waals surface area contributed by atoms with Crippen LogP contribution in [0.3, 0.4) is 0 Å². The maximum Gasteiger partial charge on any atom is 0.162 e. The van der Waals surface area contributed by atoms with E-state index in [1.807, 2.05) is 38.1 Å². The maximum absolute atomic E-state index is 6.30. The quantitative estimate of drug-likeness (QED) is 0.772. The van der Waals surface area contributed by atoms with Crippen LogP contribution in [0.15, 0.2) is 30.3 Å². The number of hydrogen-bond acceptors (Lipinski definition) is 3. The van der Waals surface area contributed by atoms with Gasteiger partial charge in [-0.15, -0.1) is 0 Å². The molecule has 0 saturated carbocycles. The van der Waals surface area contributed by atoms with Gasteiger partial charge in [0.05, 0.1) is 13.7 Å². The lowest BCUT2D eigenvalue weighted by Crippen LogP contribution is -2.02. The molecular weight excluding hydrogens is 321 g/mol. The molecule has 0 aliphatic rings. The summed E-state index contributed by atoms with van der Waals surface area (Å²) in [6.45, 7) is 5.04. The predicted octanol–water partition coefficient (Wildman–Crippen LogP) is 5.32. The van der Waals surface area contributed by atoms with Crippen molar-refractivity contribution in [2.75, 3.05) is 19.0 Å². The number of rotatable bonds is 6. The Labute approximate surface area is 141 Å². The second-order valence-electron chi connectivity index (χ2n) is 4.85. The Hall–Kier alpha value is -1.58. The van der Waals surface area contributed by atoms with Gasteiger partial charge in [-0.05, 0) is 43.2 Å². The summed E-state index contributed by atoms with van der Waals surface area (Å²) in [6.07, 6.45) is 0. The molecule has 0 bridgehead atoms. The zero-order valence-electron chi connectivity index (χ0n) is 12.9. The Bertz CT molecular complexity index is 659. The van der Waals surface area contributed by atoms with E-state index in [0.29, 0.717) is 29.7 Å². The highest BCUT2D eigenvalue weighted by atomic mass is 35.5. The summed E-state index contributed by atoms with van der Waals surface area (Å²) in [7, 11) is 1.60. The van der Waals surface area contributed by atoms with Gasteiger partial charge in [-0.2, -0.15) is 0 Å². The van der Waals surface area contributed by atoms with Gasteiger partial charge in [-0.1, -0.05) is 29.3 Å². The Morgan fingerprint density at radius 2 is 1.82 bits per heavy atom. The fourth-order valence-electron chi connectivity index (χ4n) is 2.04. The van der Waals surface area contributed by atoms with Crippen LogP contribution in [0.4, 0.5) is 5.69 Å². The van der Waals surface area contributed by atoms with Gasteiger partial charge in [0, 0.05) is 28.3 Å². The van der Waals surface area contributed by atoms with E-state index < -0.39 is 0 Å². The van der Waals surface area contributed by atoms with Crippen molar-refractivity contribution in [1.82, 2.24) is 0 Å². The zero-order chi connectivity index (χ0) is 16.1. The van der Waals surface area contributed by atoms with E-state index in [0.717, 1.165) is 21.8 Å². The van der Waals surface area contributed by atoms with Gasteiger partial charge >= 0.3 is 0 Å². The summed E-state index contributed by atoms with van der Waals surface area (Å²) in [6, 6.07) is 9.53. The highest BCUT2D eigenvalue weighted by molar-refractivity contribution is 6.32. The number of ether oxygens (including phenoxy) is 2. The van der Waals surface area contributed by atoms with Gasteiger partial charge in [0.1, 0.15) is 0 Å². The largest absolute Gasteiger partial charge is 0.493 e. The molecule has 0 saturated heterocycles. The van der Waals surface area contributed by atoms with Crippen LogP contribution in [-0.4, -0.2) is 13.7 Å². The van der Waals surface area contributed by atoms with Crippen molar-refractivity contribution < 1.29 is 9.47 Å². The van der Waals surface area contributed by atoms with Gasteiger partial charge < -0.3 is 14.8 Å². The molecule has 0 unspecified atom stereocenters. The number of halogens is 2. The molecule has 0 radical (unpaired) electrons. The first-order valence-electron chi connectivity index (χ1n) is 7.04. The standard InChI is InChI=1S/C17H19Cl2NO2/c1-4-22-17-7-12(15(19)9-16(17)21-3)10-20-13-6-5-11(2)14(18)8-13/h5-9,20H,4,10H2,1-3H3. The topological polar surface area (TPSA) is 30.5 Å². The predicted molar refractivity (Wildman–Crippen MR) is 92.7 cm³/mol. The molecule has 0 amide bonds. The lowest BCUT2D eigenvalue weighted by Gasteiger charge is -2.14. The second kappa shape index (κ2) is 7.61. The third-order valence-corrected chi connectivity index (χ3v) is 4.05. The number of methoxy groups -OCH3 is 1. The number of nitrogens with one attached hydrogen (secondary N) is 1. The minimum atomic E-state index is 0.568. The fourth-order valence-corrected chi connectivity index (χ4v) is 2.44. The van der Waals surface area contributed by atoms with Crippen LogP contribution in [0.2, 0.25) is 10.0 Å². The fraction of sp³-hybridized carbons (Fsp3) is 0.294. The average molecular weight is 340 g/mol. The third-order valence-electron chi connectivity index (χ3n) is 3.29. The Morgan fingerprint density at radius 1 is 1.05 bits per heavy atom. The van der Waals surface area contributed by atoms with E-state index in [1.54, 1.807) is 13.2 Å². The Kier molecular flexibility index (Phi) is 5.81. The maximum atomic E-state index is 6.30. The Morgan fingerprint density at radius 3 is 2.45 bits per heavy atom. The molecular formula is C17H19Cl2NO2. The van der Waals surface area contributed by atoms with E-state index in [1.165, 1.54) is 0 Å². The first-order valence-corrected chi connectivity index (χ1v) is 7.80. The summed E-state index contributed by atoms with van der Waals surface area (Å²) in [5, 5.41) is 4.68. The normalized spacial score (nSPS) is 10.4. The molecule has 3 nitrogen and oxygen atoms in total. The summed E-state index contributed by atoms with van der Waals surface area (Å²) in [5.74, 6) is 1.32. The molecule has 0 spiro atoms. The number of hydrogen-bond donors (Lipinski definition) is 1. The van der Waals surface area contributed by atoms with Crippen molar-refractivity contribution in [2.24, 2.45) is 0 Å². The number of anilines is 1. The molecule has 5 heteroatoms.